The van der Waals surface area contributed by atoms with Crippen molar-refractivity contribution in [3.63, 3.8) is 0 Å². The normalized spacial score (nSPS) is 16.4. The lowest BCUT2D eigenvalue weighted by atomic mass is 9.66. The number of allylic oxidation sites excluding steroid dienone is 4. The van der Waals surface area contributed by atoms with Crippen LogP contribution in [0, 0.1) is 0 Å². The molecular formula is C45H30N2S. The number of hydrogen-bond acceptors (Lipinski definition) is 3. The Morgan fingerprint density at radius 3 is 2.00 bits per heavy atom. The molecule has 7 aromatic rings. The van der Waals surface area contributed by atoms with E-state index >= 15 is 0 Å². The molecule has 3 heteroatoms. The van der Waals surface area contributed by atoms with Gasteiger partial charge in [-0.25, -0.2) is 9.97 Å². The summed E-state index contributed by atoms with van der Waals surface area (Å²) in [5.74, 6) is 1.15. The lowest BCUT2D eigenvalue weighted by Gasteiger charge is -2.40. The second-order valence-corrected chi connectivity index (χ2v) is 13.9. The van der Waals surface area contributed by atoms with Gasteiger partial charge in [-0.1, -0.05) is 157 Å². The van der Waals surface area contributed by atoms with E-state index in [1.165, 1.54) is 48.7 Å². The molecule has 2 aliphatic carbocycles. The van der Waals surface area contributed by atoms with Crippen LogP contribution in [0.5, 0.6) is 0 Å². The van der Waals surface area contributed by atoms with Crippen molar-refractivity contribution in [2.75, 3.05) is 0 Å². The number of para-hydroxylation sites is 1. The molecule has 2 heterocycles. The van der Waals surface area contributed by atoms with Crippen molar-refractivity contribution in [1.82, 2.24) is 9.97 Å². The molecule has 0 saturated carbocycles. The van der Waals surface area contributed by atoms with Gasteiger partial charge in [0, 0.05) is 32.2 Å². The minimum atomic E-state index is -0.489. The second-order valence-electron chi connectivity index (χ2n) is 12.8. The second kappa shape index (κ2) is 10.8. The lowest BCUT2D eigenvalue weighted by Crippen LogP contribution is -2.32. The molecular weight excluding hydrogens is 601 g/mol. The van der Waals surface area contributed by atoms with E-state index in [1.54, 1.807) is 0 Å². The van der Waals surface area contributed by atoms with Gasteiger partial charge in [0.2, 0.25) is 0 Å². The molecule has 1 aromatic heterocycles. The van der Waals surface area contributed by atoms with Gasteiger partial charge in [-0.05, 0) is 63.6 Å². The first kappa shape index (κ1) is 27.6. The summed E-state index contributed by atoms with van der Waals surface area (Å²) in [5, 5.41) is 1.06. The predicted octanol–water partition coefficient (Wildman–Crippen LogP) is 11.4. The number of benzene rings is 6. The summed E-state index contributed by atoms with van der Waals surface area (Å²) < 4.78 is 0. The first-order chi connectivity index (χ1) is 23.8. The minimum absolute atomic E-state index is 0.404. The van der Waals surface area contributed by atoms with E-state index in [4.69, 9.17) is 9.97 Å². The van der Waals surface area contributed by atoms with Crippen molar-refractivity contribution in [3.8, 4) is 33.8 Å². The van der Waals surface area contributed by atoms with Crippen LogP contribution in [0.15, 0.2) is 174 Å². The fourth-order valence-corrected chi connectivity index (χ4v) is 9.42. The Morgan fingerprint density at radius 1 is 0.562 bits per heavy atom. The SMILES string of the molecule is C1=CCC(c2ccc(-c3nc(-c4cccc5c4C4(c6ccccc6Sc6ccccc64)c4ccccc4-5)c4ccccc4n3)cc2)C=C1. The van der Waals surface area contributed by atoms with Crippen LogP contribution in [0.4, 0.5) is 0 Å². The smallest absolute Gasteiger partial charge is 0.160 e. The molecule has 226 valence electrons. The minimum Gasteiger partial charge on any atom is -0.228 e. The summed E-state index contributed by atoms with van der Waals surface area (Å²) >= 11 is 1.87. The van der Waals surface area contributed by atoms with Crippen molar-refractivity contribution in [3.05, 3.63) is 192 Å². The number of hydrogen-bond donors (Lipinski definition) is 0. The van der Waals surface area contributed by atoms with Crippen molar-refractivity contribution in [2.24, 2.45) is 0 Å². The third-order valence-electron chi connectivity index (χ3n) is 10.3. The average molecular weight is 631 g/mol. The zero-order valence-electron chi connectivity index (χ0n) is 26.2. The monoisotopic (exact) mass is 630 g/mol. The van der Waals surface area contributed by atoms with E-state index in [-0.39, 0.29) is 0 Å². The van der Waals surface area contributed by atoms with Gasteiger partial charge < -0.3 is 0 Å². The Hall–Kier alpha value is -5.51. The highest BCUT2D eigenvalue weighted by Gasteiger charge is 2.51. The van der Waals surface area contributed by atoms with Gasteiger partial charge in [-0.2, -0.15) is 0 Å². The molecule has 6 aromatic carbocycles. The van der Waals surface area contributed by atoms with Crippen LogP contribution in [0.3, 0.4) is 0 Å². The molecule has 0 bridgehead atoms. The number of rotatable bonds is 3. The topological polar surface area (TPSA) is 25.8 Å². The van der Waals surface area contributed by atoms with Crippen LogP contribution >= 0.6 is 11.8 Å². The van der Waals surface area contributed by atoms with E-state index in [1.807, 2.05) is 11.8 Å². The van der Waals surface area contributed by atoms with Crippen LogP contribution in [-0.2, 0) is 5.41 Å². The fourth-order valence-electron chi connectivity index (χ4n) is 8.23. The molecule has 0 fully saturated rings. The number of nitrogens with zero attached hydrogens (tertiary/aromatic N) is 2. The number of aromatic nitrogens is 2. The molecule has 2 nitrogen and oxygen atoms in total. The molecule has 10 rings (SSSR count). The van der Waals surface area contributed by atoms with Crippen LogP contribution < -0.4 is 0 Å². The molecule has 0 saturated heterocycles. The summed E-state index contributed by atoms with van der Waals surface area (Å²) in [5.41, 5.74) is 12.7. The zero-order valence-corrected chi connectivity index (χ0v) is 27.0. The molecule has 1 atom stereocenters. The number of fused-ring (bicyclic) bond motifs is 10. The van der Waals surface area contributed by atoms with Gasteiger partial charge in [0.15, 0.2) is 5.82 Å². The molecule has 1 unspecified atom stereocenters. The van der Waals surface area contributed by atoms with Gasteiger partial charge >= 0.3 is 0 Å². The molecule has 0 N–H and O–H groups in total. The predicted molar refractivity (Wildman–Crippen MR) is 197 cm³/mol. The zero-order chi connectivity index (χ0) is 31.7. The molecule has 3 aliphatic rings. The Morgan fingerprint density at radius 2 is 1.23 bits per heavy atom. The Balaban J connectivity index is 1.26. The van der Waals surface area contributed by atoms with Gasteiger partial charge in [-0.15, -0.1) is 0 Å². The molecule has 1 aliphatic heterocycles. The third-order valence-corrected chi connectivity index (χ3v) is 11.5. The van der Waals surface area contributed by atoms with Crippen molar-refractivity contribution >= 4 is 22.7 Å². The van der Waals surface area contributed by atoms with Crippen LogP contribution in [0.1, 0.15) is 40.2 Å². The molecule has 0 amide bonds. The van der Waals surface area contributed by atoms with Gasteiger partial charge in [-0.3, -0.25) is 0 Å². The Labute approximate surface area is 284 Å². The van der Waals surface area contributed by atoms with Crippen LogP contribution in [-0.4, -0.2) is 9.97 Å². The summed E-state index contributed by atoms with van der Waals surface area (Å²) in [4.78, 5) is 13.2. The molecule has 1 spiro atoms. The average Bonchev–Trinajstić information content (AvgIpc) is 3.46. The Kier molecular flexibility index (Phi) is 6.19. The lowest BCUT2D eigenvalue weighted by molar-refractivity contribution is 0.723. The standard InChI is InChI=1S/C45H30N2S/c1-2-13-29(14-3-1)30-25-27-31(28-26-30)44-46-39-22-9-5-16-34(39)43(47-44)35-18-12-17-33-32-15-4-6-19-36(32)45(42(33)35)37-20-7-10-23-40(37)48-41-24-11-8-21-38(41)45/h1-13,15-29H,14H2. The highest BCUT2D eigenvalue weighted by Crippen LogP contribution is 2.63. The first-order valence-corrected chi connectivity index (χ1v) is 17.4. The molecule has 48 heavy (non-hydrogen) atoms. The summed E-state index contributed by atoms with van der Waals surface area (Å²) in [6.07, 6.45) is 9.82. The van der Waals surface area contributed by atoms with Crippen LogP contribution in [0.2, 0.25) is 0 Å². The maximum Gasteiger partial charge on any atom is 0.160 e. The summed E-state index contributed by atoms with van der Waals surface area (Å²) in [6.45, 7) is 0. The van der Waals surface area contributed by atoms with Gasteiger partial charge in [0.1, 0.15) is 0 Å². The van der Waals surface area contributed by atoms with E-state index in [9.17, 15) is 0 Å². The Bertz CT molecular complexity index is 2430. The highest BCUT2D eigenvalue weighted by molar-refractivity contribution is 7.99. The maximum absolute atomic E-state index is 5.47. The van der Waals surface area contributed by atoms with E-state index < -0.39 is 5.41 Å². The maximum atomic E-state index is 5.47. The van der Waals surface area contributed by atoms with E-state index in [0.717, 1.165) is 40.0 Å². The van der Waals surface area contributed by atoms with Crippen molar-refractivity contribution in [2.45, 2.75) is 27.5 Å². The van der Waals surface area contributed by atoms with E-state index in [0.29, 0.717) is 5.92 Å². The summed E-state index contributed by atoms with van der Waals surface area (Å²) in [6, 6.07) is 51.1. The van der Waals surface area contributed by atoms with Crippen molar-refractivity contribution in [1.29, 1.82) is 0 Å². The summed E-state index contributed by atoms with van der Waals surface area (Å²) in [7, 11) is 0. The van der Waals surface area contributed by atoms with Crippen molar-refractivity contribution < 1.29 is 0 Å². The molecule has 0 radical (unpaired) electrons. The highest BCUT2D eigenvalue weighted by atomic mass is 32.2. The fraction of sp³-hybridized carbons (Fsp3) is 0.0667. The van der Waals surface area contributed by atoms with E-state index in [2.05, 4.69) is 164 Å². The first-order valence-electron chi connectivity index (χ1n) is 16.6. The van der Waals surface area contributed by atoms with Gasteiger partial charge in [0.05, 0.1) is 16.6 Å². The quantitative estimate of drug-likeness (QED) is 0.194. The third kappa shape index (κ3) is 3.95. The van der Waals surface area contributed by atoms with Crippen LogP contribution in [0.25, 0.3) is 44.7 Å². The van der Waals surface area contributed by atoms with Gasteiger partial charge in [0.25, 0.3) is 0 Å². The largest absolute Gasteiger partial charge is 0.228 e.